The van der Waals surface area contributed by atoms with Gasteiger partial charge in [-0.05, 0) is 36.2 Å². The minimum atomic E-state index is -0.508. The van der Waals surface area contributed by atoms with E-state index in [4.69, 9.17) is 0 Å². The van der Waals surface area contributed by atoms with E-state index < -0.39 is 11.9 Å². The second-order valence-electron chi connectivity index (χ2n) is 4.58. The lowest BCUT2D eigenvalue weighted by Crippen LogP contribution is -2.47. The van der Waals surface area contributed by atoms with Crippen LogP contribution < -0.4 is 16.2 Å². The molecule has 22 heavy (non-hydrogen) atoms. The molecule has 0 fully saturated rings. The first-order valence-corrected chi connectivity index (χ1v) is 6.79. The molecule has 2 aromatic carbocycles. The molecule has 0 aliphatic rings. The minimum Gasteiger partial charge on any atom is -0.336 e. The topological polar surface area (TPSA) is 70.2 Å². The van der Waals surface area contributed by atoms with Crippen LogP contribution in [0.1, 0.15) is 15.9 Å². The van der Waals surface area contributed by atoms with Gasteiger partial charge >= 0.3 is 6.03 Å². The Bertz CT molecular complexity index is 630. The first kappa shape index (κ1) is 15.5. The smallest absolute Gasteiger partial charge is 0.333 e. The van der Waals surface area contributed by atoms with Crippen LogP contribution in [0.4, 0.5) is 9.18 Å². The number of carbonyl (C=O) groups is 2. The molecule has 3 N–H and O–H groups in total. The highest BCUT2D eigenvalue weighted by Crippen LogP contribution is 2.02. The minimum absolute atomic E-state index is 0.293. The lowest BCUT2D eigenvalue weighted by molar-refractivity contribution is 0.0936. The van der Waals surface area contributed by atoms with Gasteiger partial charge in [-0.2, -0.15) is 0 Å². The third kappa shape index (κ3) is 4.90. The second kappa shape index (κ2) is 7.78. The molecule has 0 saturated carbocycles. The molecule has 0 saturated heterocycles. The molecule has 0 atom stereocenters. The predicted octanol–water partition coefficient (Wildman–Crippen LogP) is 2.01. The number of hydrogen-bond acceptors (Lipinski definition) is 2. The predicted molar refractivity (Wildman–Crippen MR) is 80.5 cm³/mol. The van der Waals surface area contributed by atoms with E-state index in [0.29, 0.717) is 18.5 Å². The van der Waals surface area contributed by atoms with Crippen LogP contribution in [-0.4, -0.2) is 18.5 Å². The van der Waals surface area contributed by atoms with Crippen molar-refractivity contribution in [1.29, 1.82) is 0 Å². The number of rotatable bonds is 4. The van der Waals surface area contributed by atoms with Crippen LogP contribution in [0.15, 0.2) is 54.6 Å². The van der Waals surface area contributed by atoms with Gasteiger partial charge in [0.25, 0.3) is 5.91 Å². The Morgan fingerprint density at radius 2 is 1.59 bits per heavy atom. The number of benzene rings is 2. The van der Waals surface area contributed by atoms with E-state index in [1.54, 1.807) is 42.5 Å². The highest BCUT2D eigenvalue weighted by Gasteiger charge is 2.05. The molecule has 114 valence electrons. The Balaban J connectivity index is 1.68. The summed E-state index contributed by atoms with van der Waals surface area (Å²) < 4.78 is 12.7. The van der Waals surface area contributed by atoms with Crippen molar-refractivity contribution in [3.63, 3.8) is 0 Å². The number of nitrogens with one attached hydrogen (secondary N) is 3. The summed E-state index contributed by atoms with van der Waals surface area (Å²) in [6.45, 7) is 0.374. The summed E-state index contributed by atoms with van der Waals surface area (Å²) in [7, 11) is 0. The van der Waals surface area contributed by atoms with Crippen molar-refractivity contribution in [2.75, 3.05) is 6.54 Å². The molecule has 3 amide bonds. The number of amides is 3. The molecule has 0 aliphatic carbocycles. The van der Waals surface area contributed by atoms with E-state index in [1.807, 2.05) is 0 Å². The SMILES string of the molecule is O=C(NCCc1ccc(F)cc1)NNC(=O)c1ccccc1. The average molecular weight is 301 g/mol. The van der Waals surface area contributed by atoms with Gasteiger partial charge in [0.15, 0.2) is 0 Å². The van der Waals surface area contributed by atoms with Gasteiger partial charge in [-0.1, -0.05) is 30.3 Å². The molecule has 2 rings (SSSR count). The van der Waals surface area contributed by atoms with Gasteiger partial charge in [-0.15, -0.1) is 0 Å². The summed E-state index contributed by atoms with van der Waals surface area (Å²) in [4.78, 5) is 23.2. The van der Waals surface area contributed by atoms with Crippen LogP contribution >= 0.6 is 0 Å². The molecule has 0 bridgehead atoms. The summed E-state index contributed by atoms with van der Waals surface area (Å²) in [5.41, 5.74) is 5.94. The van der Waals surface area contributed by atoms with Gasteiger partial charge < -0.3 is 5.32 Å². The number of hydrazine groups is 1. The lowest BCUT2D eigenvalue weighted by Gasteiger charge is -2.09. The standard InChI is InChI=1S/C16H16FN3O2/c17-14-8-6-12(7-9-14)10-11-18-16(22)20-19-15(21)13-4-2-1-3-5-13/h1-9H,10-11H2,(H,19,21)(H2,18,20,22). The molecule has 0 heterocycles. The fourth-order valence-electron chi connectivity index (χ4n) is 1.79. The van der Waals surface area contributed by atoms with Gasteiger partial charge in [-0.25, -0.2) is 14.6 Å². The fourth-order valence-corrected chi connectivity index (χ4v) is 1.79. The summed E-state index contributed by atoms with van der Waals surface area (Å²) in [5, 5.41) is 2.59. The molecule has 6 heteroatoms. The summed E-state index contributed by atoms with van der Waals surface area (Å²) >= 11 is 0. The third-order valence-electron chi connectivity index (χ3n) is 2.94. The lowest BCUT2D eigenvalue weighted by atomic mass is 10.1. The summed E-state index contributed by atoms with van der Waals surface area (Å²) in [5.74, 6) is -0.688. The highest BCUT2D eigenvalue weighted by molar-refractivity contribution is 5.95. The van der Waals surface area contributed by atoms with Crippen molar-refractivity contribution >= 4 is 11.9 Å². The van der Waals surface area contributed by atoms with Crippen molar-refractivity contribution in [1.82, 2.24) is 16.2 Å². The monoisotopic (exact) mass is 301 g/mol. The maximum Gasteiger partial charge on any atom is 0.333 e. The Morgan fingerprint density at radius 1 is 0.909 bits per heavy atom. The van der Waals surface area contributed by atoms with Gasteiger partial charge in [0.1, 0.15) is 5.82 Å². The summed E-state index contributed by atoms with van der Waals surface area (Å²) in [6.07, 6.45) is 0.570. The Morgan fingerprint density at radius 3 is 2.27 bits per heavy atom. The number of halogens is 1. The van der Waals surface area contributed by atoms with Crippen LogP contribution in [0.3, 0.4) is 0 Å². The number of carbonyl (C=O) groups excluding carboxylic acids is 2. The maximum atomic E-state index is 12.7. The average Bonchev–Trinajstić information content (AvgIpc) is 2.55. The second-order valence-corrected chi connectivity index (χ2v) is 4.58. The molecule has 0 aromatic heterocycles. The van der Waals surface area contributed by atoms with E-state index >= 15 is 0 Å². The van der Waals surface area contributed by atoms with Gasteiger partial charge in [0.2, 0.25) is 0 Å². The Kier molecular flexibility index (Phi) is 5.48. The van der Waals surface area contributed by atoms with Crippen molar-refractivity contribution in [3.8, 4) is 0 Å². The maximum absolute atomic E-state index is 12.7. The van der Waals surface area contributed by atoms with Crippen LogP contribution in [0.25, 0.3) is 0 Å². The molecular formula is C16H16FN3O2. The van der Waals surface area contributed by atoms with Crippen molar-refractivity contribution in [2.24, 2.45) is 0 Å². The van der Waals surface area contributed by atoms with Crippen molar-refractivity contribution < 1.29 is 14.0 Å². The van der Waals surface area contributed by atoms with Gasteiger partial charge in [0.05, 0.1) is 0 Å². The zero-order chi connectivity index (χ0) is 15.8. The molecule has 0 spiro atoms. The third-order valence-corrected chi connectivity index (χ3v) is 2.94. The van der Waals surface area contributed by atoms with Gasteiger partial charge in [-0.3, -0.25) is 10.2 Å². The molecular weight excluding hydrogens is 285 g/mol. The fraction of sp³-hybridized carbons (Fsp3) is 0.125. The first-order chi connectivity index (χ1) is 10.6. The van der Waals surface area contributed by atoms with Crippen LogP contribution in [0.2, 0.25) is 0 Å². The van der Waals surface area contributed by atoms with E-state index in [2.05, 4.69) is 16.2 Å². The normalized spacial score (nSPS) is 9.86. The van der Waals surface area contributed by atoms with Crippen LogP contribution in [0.5, 0.6) is 0 Å². The largest absolute Gasteiger partial charge is 0.336 e. The molecule has 0 radical (unpaired) electrons. The van der Waals surface area contributed by atoms with E-state index in [9.17, 15) is 14.0 Å². The van der Waals surface area contributed by atoms with E-state index in [1.165, 1.54) is 12.1 Å². The van der Waals surface area contributed by atoms with Crippen LogP contribution in [0, 0.1) is 5.82 Å². The highest BCUT2D eigenvalue weighted by atomic mass is 19.1. The Labute approximate surface area is 127 Å². The molecule has 2 aromatic rings. The first-order valence-electron chi connectivity index (χ1n) is 6.79. The number of hydrogen-bond donors (Lipinski definition) is 3. The zero-order valence-electron chi connectivity index (χ0n) is 11.8. The van der Waals surface area contributed by atoms with E-state index in [0.717, 1.165) is 5.56 Å². The number of urea groups is 1. The molecule has 5 nitrogen and oxygen atoms in total. The van der Waals surface area contributed by atoms with Crippen LogP contribution in [-0.2, 0) is 6.42 Å². The van der Waals surface area contributed by atoms with Crippen molar-refractivity contribution in [3.05, 3.63) is 71.5 Å². The quantitative estimate of drug-likeness (QED) is 0.756. The van der Waals surface area contributed by atoms with Gasteiger partial charge in [0, 0.05) is 12.1 Å². The molecule has 0 unspecified atom stereocenters. The summed E-state index contributed by atoms with van der Waals surface area (Å²) in [6, 6.07) is 14.1. The van der Waals surface area contributed by atoms with Crippen molar-refractivity contribution in [2.45, 2.75) is 6.42 Å². The zero-order valence-corrected chi connectivity index (χ0v) is 11.8. The molecule has 0 aliphatic heterocycles. The Hall–Kier alpha value is -2.89. The van der Waals surface area contributed by atoms with E-state index in [-0.39, 0.29) is 5.82 Å².